The zero-order valence-electron chi connectivity index (χ0n) is 14.6. The summed E-state index contributed by atoms with van der Waals surface area (Å²) in [7, 11) is -2.16. The molecule has 130 valence electrons. The molecule has 1 saturated heterocycles. The molecule has 1 fully saturated rings. The van der Waals surface area contributed by atoms with Crippen LogP contribution in [0.2, 0.25) is 0 Å². The first-order valence-corrected chi connectivity index (χ1v) is 10.2. The van der Waals surface area contributed by atoms with Crippen LogP contribution in [0.3, 0.4) is 0 Å². The first kappa shape index (κ1) is 18.5. The molecule has 1 aromatic carbocycles. The van der Waals surface area contributed by atoms with Crippen molar-refractivity contribution >= 4 is 16.7 Å². The first-order chi connectivity index (χ1) is 10.9. The molecule has 0 radical (unpaired) electrons. The standard InChI is InChI=1S/C18H29NO3S/c1-14-8-10-17(11-9-14)23(4,20)19-13-15(2)16(3)22-18-7-5-6-12-21-18/h8-11,13,15-16,18,20H,5-7,12H2,1-4H3/t15-,16+,18?/m1/s1. The Kier molecular flexibility index (Phi) is 6.65. The van der Waals surface area contributed by atoms with Gasteiger partial charge in [0.05, 0.1) is 6.10 Å². The molecule has 1 aliphatic heterocycles. The quantitative estimate of drug-likeness (QED) is 0.756. The SMILES string of the molecule is Cc1ccc(S(C)(O)N=C[C@@H](C)[C@H](C)OC2CCCCO2)cc1. The third-order valence-corrected chi connectivity index (χ3v) is 5.91. The van der Waals surface area contributed by atoms with Gasteiger partial charge in [-0.1, -0.05) is 24.6 Å². The maximum atomic E-state index is 10.6. The summed E-state index contributed by atoms with van der Waals surface area (Å²) in [6.07, 6.45) is 6.76. The molecular formula is C18H29NO3S. The minimum atomic E-state index is -2.16. The Morgan fingerprint density at radius 2 is 2.00 bits per heavy atom. The molecule has 2 rings (SSSR count). The third kappa shape index (κ3) is 5.60. The number of benzene rings is 1. The van der Waals surface area contributed by atoms with Crippen molar-refractivity contribution in [2.24, 2.45) is 10.3 Å². The van der Waals surface area contributed by atoms with Crippen LogP contribution in [0.5, 0.6) is 0 Å². The fourth-order valence-corrected chi connectivity index (χ4v) is 3.58. The second kappa shape index (κ2) is 8.29. The Balaban J connectivity index is 1.92. The molecule has 0 bridgehead atoms. The molecule has 1 N–H and O–H groups in total. The Morgan fingerprint density at radius 1 is 1.30 bits per heavy atom. The van der Waals surface area contributed by atoms with Crippen LogP contribution in [-0.4, -0.2) is 36.0 Å². The second-order valence-electron chi connectivity index (χ2n) is 6.40. The lowest BCUT2D eigenvalue weighted by molar-refractivity contribution is -0.188. The van der Waals surface area contributed by atoms with E-state index in [9.17, 15) is 4.55 Å². The molecule has 0 aliphatic carbocycles. The van der Waals surface area contributed by atoms with Crippen molar-refractivity contribution in [2.75, 3.05) is 12.9 Å². The lowest BCUT2D eigenvalue weighted by Crippen LogP contribution is -2.30. The lowest BCUT2D eigenvalue weighted by Gasteiger charge is -2.29. The minimum absolute atomic E-state index is 0.00932. The Bertz CT molecular complexity index is 510. The maximum absolute atomic E-state index is 10.6. The number of hydrogen-bond donors (Lipinski definition) is 1. The van der Waals surface area contributed by atoms with Crippen molar-refractivity contribution in [2.45, 2.75) is 57.3 Å². The summed E-state index contributed by atoms with van der Waals surface area (Å²) < 4.78 is 26.7. The van der Waals surface area contributed by atoms with Gasteiger partial charge in [-0.2, -0.15) is 0 Å². The summed E-state index contributed by atoms with van der Waals surface area (Å²) in [5.74, 6) is 0.116. The highest BCUT2D eigenvalue weighted by Crippen LogP contribution is 2.49. The molecule has 0 aromatic heterocycles. The molecule has 5 heteroatoms. The lowest BCUT2D eigenvalue weighted by atomic mass is 10.1. The Morgan fingerprint density at radius 3 is 2.61 bits per heavy atom. The van der Waals surface area contributed by atoms with E-state index in [1.807, 2.05) is 44.3 Å². The Hall–Kier alpha value is -0.880. The van der Waals surface area contributed by atoms with Gasteiger partial charge in [-0.25, -0.2) is 4.40 Å². The van der Waals surface area contributed by atoms with Gasteiger partial charge in [0.1, 0.15) is 0 Å². The van der Waals surface area contributed by atoms with E-state index >= 15 is 0 Å². The maximum Gasteiger partial charge on any atom is 0.157 e. The zero-order valence-corrected chi connectivity index (χ0v) is 15.4. The Labute approximate surface area is 141 Å². The topological polar surface area (TPSA) is 51.1 Å². The van der Waals surface area contributed by atoms with E-state index in [0.717, 1.165) is 30.8 Å². The van der Waals surface area contributed by atoms with Crippen molar-refractivity contribution in [3.63, 3.8) is 0 Å². The molecule has 23 heavy (non-hydrogen) atoms. The van der Waals surface area contributed by atoms with Crippen LogP contribution in [0.1, 0.15) is 38.7 Å². The number of aryl methyl sites for hydroxylation is 1. The zero-order chi connectivity index (χ0) is 16.9. The summed E-state index contributed by atoms with van der Waals surface area (Å²) in [6.45, 7) is 6.91. The molecular weight excluding hydrogens is 310 g/mol. The average Bonchev–Trinajstić information content (AvgIpc) is 2.54. The molecule has 1 aliphatic rings. The molecule has 1 aromatic rings. The van der Waals surface area contributed by atoms with Crippen LogP contribution >= 0.6 is 10.5 Å². The van der Waals surface area contributed by atoms with E-state index in [4.69, 9.17) is 9.47 Å². The van der Waals surface area contributed by atoms with E-state index in [1.54, 1.807) is 6.26 Å². The number of ether oxygens (including phenoxy) is 2. The molecule has 4 atom stereocenters. The highest BCUT2D eigenvalue weighted by atomic mass is 32.3. The van der Waals surface area contributed by atoms with Gasteiger partial charge < -0.3 is 14.0 Å². The number of nitrogens with zero attached hydrogens (tertiary/aromatic N) is 1. The summed E-state index contributed by atoms with van der Waals surface area (Å²) in [5, 5.41) is 0. The van der Waals surface area contributed by atoms with Gasteiger partial charge in [0.2, 0.25) is 0 Å². The van der Waals surface area contributed by atoms with Crippen LogP contribution in [0, 0.1) is 12.8 Å². The number of hydrogen-bond acceptors (Lipinski definition) is 4. The van der Waals surface area contributed by atoms with Gasteiger partial charge in [-0.05, 0) is 55.7 Å². The fraction of sp³-hybridized carbons (Fsp3) is 0.611. The van der Waals surface area contributed by atoms with E-state index < -0.39 is 10.5 Å². The molecule has 4 nitrogen and oxygen atoms in total. The summed E-state index contributed by atoms with van der Waals surface area (Å²) in [6, 6.07) is 7.90. The predicted octanol–water partition coefficient (Wildman–Crippen LogP) is 4.81. The van der Waals surface area contributed by atoms with Crippen molar-refractivity contribution in [1.29, 1.82) is 0 Å². The van der Waals surface area contributed by atoms with E-state index in [-0.39, 0.29) is 18.3 Å². The van der Waals surface area contributed by atoms with Crippen molar-refractivity contribution in [1.82, 2.24) is 0 Å². The van der Waals surface area contributed by atoms with Crippen LogP contribution in [0.25, 0.3) is 0 Å². The number of rotatable bonds is 6. The van der Waals surface area contributed by atoms with Crippen LogP contribution in [-0.2, 0) is 9.47 Å². The summed E-state index contributed by atoms with van der Waals surface area (Å²) >= 11 is 0. The summed E-state index contributed by atoms with van der Waals surface area (Å²) in [4.78, 5) is 0.871. The predicted molar refractivity (Wildman–Crippen MR) is 97.4 cm³/mol. The monoisotopic (exact) mass is 339 g/mol. The van der Waals surface area contributed by atoms with Gasteiger partial charge in [0, 0.05) is 29.9 Å². The van der Waals surface area contributed by atoms with Crippen LogP contribution in [0.15, 0.2) is 33.6 Å². The van der Waals surface area contributed by atoms with E-state index in [1.165, 1.54) is 5.56 Å². The third-order valence-electron chi connectivity index (χ3n) is 4.21. The second-order valence-corrected chi connectivity index (χ2v) is 8.75. The van der Waals surface area contributed by atoms with Gasteiger partial charge in [0.15, 0.2) is 6.29 Å². The smallest absolute Gasteiger partial charge is 0.157 e. The molecule has 1 heterocycles. The van der Waals surface area contributed by atoms with E-state index in [0.29, 0.717) is 0 Å². The highest BCUT2D eigenvalue weighted by Gasteiger charge is 2.21. The van der Waals surface area contributed by atoms with Crippen molar-refractivity contribution < 1.29 is 14.0 Å². The van der Waals surface area contributed by atoms with Crippen LogP contribution in [0.4, 0.5) is 0 Å². The molecule has 0 saturated carbocycles. The summed E-state index contributed by atoms with van der Waals surface area (Å²) in [5.41, 5.74) is 1.18. The van der Waals surface area contributed by atoms with Crippen molar-refractivity contribution in [3.8, 4) is 0 Å². The van der Waals surface area contributed by atoms with Crippen LogP contribution < -0.4 is 0 Å². The first-order valence-electron chi connectivity index (χ1n) is 8.28. The largest absolute Gasteiger partial charge is 0.353 e. The minimum Gasteiger partial charge on any atom is -0.353 e. The normalized spacial score (nSPS) is 25.7. The molecule has 0 amide bonds. The van der Waals surface area contributed by atoms with Crippen molar-refractivity contribution in [3.05, 3.63) is 29.8 Å². The van der Waals surface area contributed by atoms with Gasteiger partial charge in [-0.15, -0.1) is 0 Å². The molecule has 0 spiro atoms. The van der Waals surface area contributed by atoms with Gasteiger partial charge in [-0.3, -0.25) is 0 Å². The van der Waals surface area contributed by atoms with E-state index in [2.05, 4.69) is 11.3 Å². The fourth-order valence-electron chi connectivity index (χ4n) is 2.37. The van der Waals surface area contributed by atoms with Gasteiger partial charge in [0.25, 0.3) is 0 Å². The highest BCUT2D eigenvalue weighted by molar-refractivity contribution is 8.27. The van der Waals surface area contributed by atoms with Gasteiger partial charge >= 0.3 is 0 Å². The molecule has 2 unspecified atom stereocenters. The average molecular weight is 340 g/mol.